The summed E-state index contributed by atoms with van der Waals surface area (Å²) in [5, 5.41) is 0. The number of rotatable bonds is 10. The van der Waals surface area contributed by atoms with Gasteiger partial charge in [0.2, 0.25) is 0 Å². The Labute approximate surface area is 237 Å². The summed E-state index contributed by atoms with van der Waals surface area (Å²) in [6.07, 6.45) is 3.43. The zero-order chi connectivity index (χ0) is 27.9. The van der Waals surface area contributed by atoms with Crippen LogP contribution in [0.2, 0.25) is 0 Å². The average molecular weight is 529 g/mol. The van der Waals surface area contributed by atoms with Gasteiger partial charge in [0.25, 0.3) is 0 Å². The Balaban J connectivity index is 1.69. The molecule has 0 bridgehead atoms. The molecule has 6 nitrogen and oxygen atoms in total. The van der Waals surface area contributed by atoms with Crippen LogP contribution in [-0.4, -0.2) is 19.9 Å². The number of hydrogen-bond acceptors (Lipinski definition) is 6. The molecule has 0 aliphatic carbocycles. The zero-order valence-corrected chi connectivity index (χ0v) is 23.7. The molecule has 0 aliphatic heterocycles. The summed E-state index contributed by atoms with van der Waals surface area (Å²) in [7, 11) is 0. The van der Waals surface area contributed by atoms with E-state index >= 15 is 0 Å². The predicted molar refractivity (Wildman–Crippen MR) is 164 cm³/mol. The van der Waals surface area contributed by atoms with Crippen LogP contribution < -0.4 is 9.80 Å². The Bertz CT molecular complexity index is 1370. The van der Waals surface area contributed by atoms with Gasteiger partial charge in [0.05, 0.1) is 11.4 Å². The molecule has 6 heteroatoms. The number of pyridine rings is 4. The van der Waals surface area contributed by atoms with Crippen LogP contribution in [0.5, 0.6) is 0 Å². The molecule has 0 aliphatic rings. The van der Waals surface area contributed by atoms with Crippen molar-refractivity contribution in [3.05, 3.63) is 120 Å². The number of anilines is 6. The summed E-state index contributed by atoms with van der Waals surface area (Å²) in [6.45, 7) is 8.50. The first-order chi connectivity index (χ1) is 19.6. The number of benzene rings is 1. The van der Waals surface area contributed by atoms with E-state index in [1.165, 1.54) is 0 Å². The Morgan fingerprint density at radius 2 is 0.675 bits per heavy atom. The molecule has 0 amide bonds. The highest BCUT2D eigenvalue weighted by atomic mass is 15.3. The molecule has 0 radical (unpaired) electrons. The van der Waals surface area contributed by atoms with Crippen molar-refractivity contribution in [2.75, 3.05) is 9.80 Å². The second kappa shape index (κ2) is 12.5. The van der Waals surface area contributed by atoms with Gasteiger partial charge in [-0.05, 0) is 92.4 Å². The van der Waals surface area contributed by atoms with Crippen molar-refractivity contribution >= 4 is 34.6 Å². The van der Waals surface area contributed by atoms with E-state index in [1.807, 2.05) is 24.3 Å². The van der Waals surface area contributed by atoms with Gasteiger partial charge in [-0.2, -0.15) is 0 Å². The van der Waals surface area contributed by atoms with E-state index < -0.39 is 0 Å². The van der Waals surface area contributed by atoms with Crippen LogP contribution in [0.4, 0.5) is 34.6 Å². The van der Waals surface area contributed by atoms with Gasteiger partial charge >= 0.3 is 0 Å². The maximum absolute atomic E-state index is 4.98. The van der Waals surface area contributed by atoms with Crippen LogP contribution in [0.1, 0.15) is 50.5 Å². The summed E-state index contributed by atoms with van der Waals surface area (Å²) in [5.41, 5.74) is 6.06. The van der Waals surface area contributed by atoms with E-state index in [0.717, 1.165) is 83.1 Å². The highest BCUT2D eigenvalue weighted by Gasteiger charge is 2.20. The molecule has 0 unspecified atom stereocenters. The summed E-state index contributed by atoms with van der Waals surface area (Å²) >= 11 is 0. The highest BCUT2D eigenvalue weighted by molar-refractivity contribution is 5.79. The summed E-state index contributed by atoms with van der Waals surface area (Å²) in [5.74, 6) is 3.34. The predicted octanol–water partition coefficient (Wildman–Crippen LogP) is 8.46. The molecule has 4 aromatic heterocycles. The molecule has 0 atom stereocenters. The van der Waals surface area contributed by atoms with Crippen molar-refractivity contribution in [2.45, 2.75) is 53.4 Å². The fourth-order valence-electron chi connectivity index (χ4n) is 4.69. The van der Waals surface area contributed by atoms with Gasteiger partial charge in [-0.15, -0.1) is 0 Å². The van der Waals surface area contributed by atoms with Crippen LogP contribution in [0, 0.1) is 0 Å². The first kappa shape index (κ1) is 27.0. The first-order valence-corrected chi connectivity index (χ1v) is 14.2. The molecule has 5 aromatic rings. The zero-order valence-electron chi connectivity index (χ0n) is 23.7. The molecule has 202 valence electrons. The van der Waals surface area contributed by atoms with E-state index in [2.05, 4.69) is 110 Å². The Morgan fingerprint density at radius 3 is 0.950 bits per heavy atom. The fraction of sp³-hybridized carbons (Fsp3) is 0.235. The highest BCUT2D eigenvalue weighted by Crippen LogP contribution is 2.38. The third-order valence-electron chi connectivity index (χ3n) is 6.88. The summed E-state index contributed by atoms with van der Waals surface area (Å²) in [6, 6.07) is 33.1. The molecule has 0 spiro atoms. The van der Waals surface area contributed by atoms with E-state index in [-0.39, 0.29) is 0 Å². The Morgan fingerprint density at radius 1 is 0.400 bits per heavy atom. The normalized spacial score (nSPS) is 10.9. The molecule has 5 rings (SSSR count). The van der Waals surface area contributed by atoms with E-state index in [1.54, 1.807) is 0 Å². The average Bonchev–Trinajstić information content (AvgIpc) is 3.02. The molecule has 0 saturated heterocycles. The van der Waals surface area contributed by atoms with Crippen LogP contribution >= 0.6 is 0 Å². The minimum absolute atomic E-state index is 0.834. The first-order valence-electron chi connectivity index (χ1n) is 14.2. The largest absolute Gasteiger partial charge is 0.279 e. The smallest absolute Gasteiger partial charge is 0.139 e. The molecule has 40 heavy (non-hydrogen) atoms. The third-order valence-corrected chi connectivity index (χ3v) is 6.88. The number of aromatic nitrogens is 4. The Kier molecular flexibility index (Phi) is 8.45. The van der Waals surface area contributed by atoms with E-state index in [4.69, 9.17) is 19.9 Å². The monoisotopic (exact) mass is 528 g/mol. The lowest BCUT2D eigenvalue weighted by atomic mass is 10.2. The van der Waals surface area contributed by atoms with Crippen molar-refractivity contribution in [1.29, 1.82) is 0 Å². The van der Waals surface area contributed by atoms with E-state index in [0.29, 0.717) is 0 Å². The van der Waals surface area contributed by atoms with Gasteiger partial charge in [0.15, 0.2) is 0 Å². The lowest BCUT2D eigenvalue weighted by Crippen LogP contribution is -2.17. The third kappa shape index (κ3) is 5.86. The van der Waals surface area contributed by atoms with Gasteiger partial charge in [-0.1, -0.05) is 58.0 Å². The fourth-order valence-corrected chi connectivity index (χ4v) is 4.69. The second-order valence-electron chi connectivity index (χ2n) is 9.55. The summed E-state index contributed by atoms with van der Waals surface area (Å²) < 4.78 is 0. The van der Waals surface area contributed by atoms with Crippen LogP contribution in [0.25, 0.3) is 0 Å². The van der Waals surface area contributed by atoms with Crippen molar-refractivity contribution in [3.8, 4) is 0 Å². The quantitative estimate of drug-likeness (QED) is 0.181. The minimum Gasteiger partial charge on any atom is -0.279 e. The maximum atomic E-state index is 4.98. The maximum Gasteiger partial charge on any atom is 0.139 e. The molecular weight excluding hydrogens is 492 g/mol. The minimum atomic E-state index is 0.834. The van der Waals surface area contributed by atoms with Gasteiger partial charge in [0.1, 0.15) is 23.3 Å². The molecule has 0 saturated carbocycles. The van der Waals surface area contributed by atoms with Gasteiger partial charge in [-0.3, -0.25) is 9.80 Å². The lowest BCUT2D eigenvalue weighted by molar-refractivity contribution is 0.986. The van der Waals surface area contributed by atoms with E-state index in [9.17, 15) is 0 Å². The Hall–Kier alpha value is -4.58. The van der Waals surface area contributed by atoms with Crippen LogP contribution in [-0.2, 0) is 25.7 Å². The van der Waals surface area contributed by atoms with Crippen molar-refractivity contribution < 1.29 is 0 Å². The van der Waals surface area contributed by atoms with Crippen LogP contribution in [0.15, 0.2) is 97.1 Å². The van der Waals surface area contributed by atoms with Gasteiger partial charge in [-0.25, -0.2) is 19.9 Å². The molecule has 1 aromatic carbocycles. The number of aryl methyl sites for hydroxylation is 4. The lowest BCUT2D eigenvalue weighted by Gasteiger charge is -2.27. The number of nitrogens with zero attached hydrogens (tertiary/aromatic N) is 6. The topological polar surface area (TPSA) is 58.0 Å². The van der Waals surface area contributed by atoms with Crippen LogP contribution in [0.3, 0.4) is 0 Å². The standard InChI is InChI=1S/C34H36N6/c1-5-25-14-9-20-31(35-25)39(32-21-10-15-26(6-2)36-32)29-18-13-19-30(24-29)40(33-22-11-16-27(7-3)37-33)34-23-12-17-28(8-4)38-34/h9-24H,5-8H2,1-4H3. The number of hydrogen-bond donors (Lipinski definition) is 0. The van der Waals surface area contributed by atoms with Crippen molar-refractivity contribution in [1.82, 2.24) is 19.9 Å². The summed E-state index contributed by atoms with van der Waals surface area (Å²) in [4.78, 5) is 24.2. The molecule has 4 heterocycles. The van der Waals surface area contributed by atoms with Crippen molar-refractivity contribution in [3.63, 3.8) is 0 Å². The van der Waals surface area contributed by atoms with Crippen molar-refractivity contribution in [2.24, 2.45) is 0 Å². The molecular formula is C34H36N6. The SMILES string of the molecule is CCc1cccc(N(c2cccc(N(c3cccc(CC)n3)c3cccc(CC)n3)c2)c2cccc(CC)n2)n1. The van der Waals surface area contributed by atoms with Gasteiger partial charge < -0.3 is 0 Å². The van der Waals surface area contributed by atoms with Gasteiger partial charge in [0, 0.05) is 22.8 Å². The molecule has 0 fully saturated rings. The molecule has 0 N–H and O–H groups in total. The second-order valence-corrected chi connectivity index (χ2v) is 9.55.